The predicted octanol–water partition coefficient (Wildman–Crippen LogP) is 2.64. The van der Waals surface area contributed by atoms with Gasteiger partial charge in [-0.05, 0) is 61.9 Å². The van der Waals surface area contributed by atoms with Crippen molar-refractivity contribution in [3.63, 3.8) is 0 Å². The number of hydrogen-bond acceptors (Lipinski definition) is 5. The lowest BCUT2D eigenvalue weighted by atomic mass is 10.1. The van der Waals surface area contributed by atoms with Crippen LogP contribution in [0, 0.1) is 0 Å². The van der Waals surface area contributed by atoms with Gasteiger partial charge in [-0.3, -0.25) is 9.10 Å². The topological polar surface area (TPSA) is 84.9 Å². The van der Waals surface area contributed by atoms with Crippen LogP contribution in [0.2, 0.25) is 0 Å². The molecular formula is C19H22N2O5S. The molecule has 2 aromatic carbocycles. The van der Waals surface area contributed by atoms with E-state index in [0.29, 0.717) is 22.9 Å². The molecule has 0 aliphatic carbocycles. The molecule has 144 valence electrons. The first kappa shape index (κ1) is 19.0. The Bertz CT molecular complexity index is 926. The van der Waals surface area contributed by atoms with E-state index in [4.69, 9.17) is 9.47 Å². The van der Waals surface area contributed by atoms with Gasteiger partial charge in [-0.15, -0.1) is 0 Å². The Morgan fingerprint density at radius 1 is 1.00 bits per heavy atom. The Labute approximate surface area is 158 Å². The van der Waals surface area contributed by atoms with Gasteiger partial charge in [-0.25, -0.2) is 8.42 Å². The zero-order chi connectivity index (χ0) is 19.7. The van der Waals surface area contributed by atoms with Crippen molar-refractivity contribution in [1.82, 2.24) is 0 Å². The first-order valence-electron chi connectivity index (χ1n) is 8.44. The number of sulfonamides is 1. The van der Waals surface area contributed by atoms with Crippen molar-refractivity contribution < 1.29 is 22.7 Å². The van der Waals surface area contributed by atoms with E-state index < -0.39 is 20.7 Å². The fraction of sp³-hybridized carbons (Fsp3) is 0.316. The fourth-order valence-corrected chi connectivity index (χ4v) is 4.84. The molecule has 1 fully saturated rings. The highest BCUT2D eigenvalue weighted by atomic mass is 32.2. The summed E-state index contributed by atoms with van der Waals surface area (Å²) in [6, 6.07) is 13.5. The highest BCUT2D eigenvalue weighted by Gasteiger charge is 2.54. The second kappa shape index (κ2) is 7.11. The van der Waals surface area contributed by atoms with Crippen molar-refractivity contribution in [2.24, 2.45) is 0 Å². The molecule has 1 aliphatic heterocycles. The van der Waals surface area contributed by atoms with Crippen LogP contribution in [0.5, 0.6) is 11.5 Å². The smallest absolute Gasteiger partial charge is 0.249 e. The van der Waals surface area contributed by atoms with Crippen molar-refractivity contribution in [2.45, 2.75) is 18.1 Å². The van der Waals surface area contributed by atoms with Gasteiger partial charge >= 0.3 is 0 Å². The first-order chi connectivity index (χ1) is 12.8. The van der Waals surface area contributed by atoms with E-state index in [2.05, 4.69) is 5.32 Å². The van der Waals surface area contributed by atoms with Crippen molar-refractivity contribution in [3.8, 4) is 11.5 Å². The highest BCUT2D eigenvalue weighted by Crippen LogP contribution is 2.37. The third-order valence-electron chi connectivity index (χ3n) is 4.84. The molecule has 1 amide bonds. The molecule has 0 unspecified atom stereocenters. The van der Waals surface area contributed by atoms with E-state index in [1.54, 1.807) is 62.8 Å². The number of hydrogen-bond donors (Lipinski definition) is 1. The van der Waals surface area contributed by atoms with E-state index >= 15 is 0 Å². The maximum atomic E-state index is 13.1. The fourth-order valence-electron chi connectivity index (χ4n) is 2.99. The predicted molar refractivity (Wildman–Crippen MR) is 104 cm³/mol. The summed E-state index contributed by atoms with van der Waals surface area (Å²) in [4.78, 5) is 12.8. The second-order valence-electron chi connectivity index (χ2n) is 6.44. The first-order valence-corrected chi connectivity index (χ1v) is 9.88. The largest absolute Gasteiger partial charge is 0.497 e. The highest BCUT2D eigenvalue weighted by molar-refractivity contribution is 7.95. The minimum Gasteiger partial charge on any atom is -0.497 e. The van der Waals surface area contributed by atoms with Crippen molar-refractivity contribution in [2.75, 3.05) is 30.4 Å². The van der Waals surface area contributed by atoms with Gasteiger partial charge in [0.1, 0.15) is 11.5 Å². The Kier molecular flexibility index (Phi) is 5.01. The number of carbonyl (C=O) groups excluding carboxylic acids is 1. The normalized spacial score (nSPS) is 20.9. The second-order valence-corrected chi connectivity index (χ2v) is 8.73. The van der Waals surface area contributed by atoms with Gasteiger partial charge in [-0.1, -0.05) is 0 Å². The van der Waals surface area contributed by atoms with Crippen LogP contribution in [0.15, 0.2) is 48.5 Å². The molecule has 27 heavy (non-hydrogen) atoms. The van der Waals surface area contributed by atoms with Crippen LogP contribution in [-0.4, -0.2) is 39.8 Å². The van der Waals surface area contributed by atoms with Gasteiger partial charge in [0.15, 0.2) is 4.75 Å². The van der Waals surface area contributed by atoms with Crippen molar-refractivity contribution in [1.29, 1.82) is 0 Å². The van der Waals surface area contributed by atoms with E-state index in [9.17, 15) is 13.2 Å². The minimum absolute atomic E-state index is 0.198. The van der Waals surface area contributed by atoms with E-state index in [1.165, 1.54) is 11.2 Å². The molecule has 0 bridgehead atoms. The van der Waals surface area contributed by atoms with Crippen molar-refractivity contribution >= 4 is 27.3 Å². The third kappa shape index (κ3) is 3.32. The summed E-state index contributed by atoms with van der Waals surface area (Å²) in [6.07, 6.45) is 0.198. The molecule has 0 saturated carbocycles. The SMILES string of the molecule is COc1ccc(NC(=O)[C@@]2(C)CCN(c3ccc(OC)cc3)S2(=O)=O)cc1. The number of rotatable bonds is 5. The van der Waals surface area contributed by atoms with Gasteiger partial charge in [-0.2, -0.15) is 0 Å². The third-order valence-corrected chi connectivity index (χ3v) is 7.34. The molecular weight excluding hydrogens is 368 g/mol. The van der Waals surface area contributed by atoms with E-state index in [1.807, 2.05) is 0 Å². The Morgan fingerprint density at radius 2 is 1.52 bits per heavy atom. The maximum absolute atomic E-state index is 13.1. The van der Waals surface area contributed by atoms with Gasteiger partial charge < -0.3 is 14.8 Å². The number of carbonyl (C=O) groups is 1. The Hall–Kier alpha value is -2.74. The van der Waals surface area contributed by atoms with Crippen molar-refractivity contribution in [3.05, 3.63) is 48.5 Å². The number of nitrogens with zero attached hydrogens (tertiary/aromatic N) is 1. The molecule has 8 heteroatoms. The summed E-state index contributed by atoms with van der Waals surface area (Å²) in [5, 5.41) is 2.70. The molecule has 1 N–H and O–H groups in total. The van der Waals surface area contributed by atoms with E-state index in [0.717, 1.165) is 0 Å². The molecule has 3 rings (SSSR count). The van der Waals surface area contributed by atoms with Crippen LogP contribution in [-0.2, 0) is 14.8 Å². The lowest BCUT2D eigenvalue weighted by Crippen LogP contribution is -2.47. The number of nitrogens with one attached hydrogen (secondary N) is 1. The summed E-state index contributed by atoms with van der Waals surface area (Å²) >= 11 is 0. The van der Waals surface area contributed by atoms with Crippen LogP contribution in [0.25, 0.3) is 0 Å². The van der Waals surface area contributed by atoms with Gasteiger partial charge in [0.2, 0.25) is 15.9 Å². The van der Waals surface area contributed by atoms with Gasteiger partial charge in [0.05, 0.1) is 19.9 Å². The number of anilines is 2. The van der Waals surface area contributed by atoms with Crippen LogP contribution in [0.4, 0.5) is 11.4 Å². The standard InChI is InChI=1S/C19H22N2O5S/c1-19(18(22)20-14-4-8-16(25-2)9-5-14)12-13-21(27(19,23)24)15-6-10-17(26-3)11-7-15/h4-11H,12-13H2,1-3H3,(H,20,22)/t19-/m1/s1. The number of amides is 1. The summed E-state index contributed by atoms with van der Waals surface area (Å²) in [5.74, 6) is 0.734. The summed E-state index contributed by atoms with van der Waals surface area (Å²) in [6.45, 7) is 1.70. The average molecular weight is 390 g/mol. The number of methoxy groups -OCH3 is 2. The molecule has 0 radical (unpaired) electrons. The molecule has 1 heterocycles. The molecule has 1 atom stereocenters. The molecule has 7 nitrogen and oxygen atoms in total. The summed E-state index contributed by atoms with van der Waals surface area (Å²) in [5.41, 5.74) is 1.02. The van der Waals surface area contributed by atoms with Crippen LogP contribution in [0.1, 0.15) is 13.3 Å². The minimum atomic E-state index is -3.88. The molecule has 0 aromatic heterocycles. The number of ether oxygens (including phenoxy) is 2. The summed E-state index contributed by atoms with van der Waals surface area (Å²) in [7, 11) is -0.783. The Morgan fingerprint density at radius 3 is 2.04 bits per heavy atom. The van der Waals surface area contributed by atoms with Crippen LogP contribution in [0.3, 0.4) is 0 Å². The Balaban J connectivity index is 1.82. The maximum Gasteiger partial charge on any atom is 0.249 e. The van der Waals surface area contributed by atoms with Gasteiger partial charge in [0, 0.05) is 12.2 Å². The molecule has 2 aromatic rings. The molecule has 1 saturated heterocycles. The zero-order valence-corrected chi connectivity index (χ0v) is 16.2. The molecule has 0 spiro atoms. The monoisotopic (exact) mass is 390 g/mol. The number of benzene rings is 2. The summed E-state index contributed by atoms with van der Waals surface area (Å²) < 4.78 is 36.1. The van der Waals surface area contributed by atoms with E-state index in [-0.39, 0.29) is 13.0 Å². The van der Waals surface area contributed by atoms with Gasteiger partial charge in [0.25, 0.3) is 0 Å². The average Bonchev–Trinajstić information content (AvgIpc) is 2.93. The lowest BCUT2D eigenvalue weighted by molar-refractivity contribution is -0.118. The van der Waals surface area contributed by atoms with Crippen LogP contribution >= 0.6 is 0 Å². The quantitative estimate of drug-likeness (QED) is 0.848. The molecule has 1 aliphatic rings. The lowest BCUT2D eigenvalue weighted by Gasteiger charge is -2.25. The zero-order valence-electron chi connectivity index (χ0n) is 15.4. The van der Waals surface area contributed by atoms with Crippen LogP contribution < -0.4 is 19.1 Å².